The summed E-state index contributed by atoms with van der Waals surface area (Å²) in [6.45, 7) is 4.10. The number of benzene rings is 3. The molecule has 12 heteroatoms. The first-order valence-corrected chi connectivity index (χ1v) is 14.2. The lowest BCUT2D eigenvalue weighted by atomic mass is 9.86. The van der Waals surface area contributed by atoms with Crippen molar-refractivity contribution in [3.63, 3.8) is 0 Å². The topological polar surface area (TPSA) is 164 Å². The molecule has 0 fully saturated rings. The van der Waals surface area contributed by atoms with Gasteiger partial charge in [0.05, 0.1) is 18.5 Å². The fourth-order valence-corrected chi connectivity index (χ4v) is 6.74. The number of nitrogens with two attached hydrogens (primary N) is 1. The van der Waals surface area contributed by atoms with Crippen molar-refractivity contribution in [1.29, 1.82) is 0 Å². The molecule has 11 nitrogen and oxygen atoms in total. The van der Waals surface area contributed by atoms with Crippen molar-refractivity contribution in [2.75, 3.05) is 6.54 Å². The van der Waals surface area contributed by atoms with Crippen LogP contribution in [-0.2, 0) is 18.4 Å². The van der Waals surface area contributed by atoms with E-state index in [4.69, 9.17) is 10.5 Å². The minimum absolute atomic E-state index is 0.1000. The number of carboxylic acid groups (broad SMARTS) is 1. The molecule has 0 aliphatic carbocycles. The van der Waals surface area contributed by atoms with E-state index in [1.807, 2.05) is 50.2 Å². The Morgan fingerprint density at radius 1 is 1.12 bits per heavy atom. The molecule has 0 bridgehead atoms. The lowest BCUT2D eigenvalue weighted by molar-refractivity contribution is -0.137. The second kappa shape index (κ2) is 10.5. The van der Waals surface area contributed by atoms with Crippen molar-refractivity contribution in [2.45, 2.75) is 43.7 Å². The second-order valence-corrected chi connectivity index (χ2v) is 12.1. The highest BCUT2D eigenvalue weighted by atomic mass is 32.3. The van der Waals surface area contributed by atoms with Crippen molar-refractivity contribution in [1.82, 2.24) is 19.3 Å². The van der Waals surface area contributed by atoms with Crippen LogP contribution in [0.3, 0.4) is 0 Å². The van der Waals surface area contributed by atoms with E-state index in [-0.39, 0.29) is 41.8 Å². The Labute approximate surface area is 232 Å². The predicted octanol–water partition coefficient (Wildman–Crippen LogP) is 4.29. The number of fused-ring (bicyclic) bond motifs is 2. The number of carbonyl (C=O) groups is 2. The Kier molecular flexibility index (Phi) is 7.27. The number of aryl methyl sites for hydroxylation is 2. The fraction of sp³-hybridized carbons (Fsp3) is 0.286. The first-order chi connectivity index (χ1) is 18.9. The molecule has 2 heterocycles. The number of ether oxygens (including phenoxy) is 1. The zero-order valence-electron chi connectivity index (χ0n) is 22.3. The van der Waals surface area contributed by atoms with Crippen molar-refractivity contribution >= 4 is 33.7 Å². The number of aromatic nitrogens is 3. The third-order valence-corrected chi connectivity index (χ3v) is 9.12. The van der Waals surface area contributed by atoms with Gasteiger partial charge in [0.2, 0.25) is 5.91 Å². The number of carbonyl (C=O) groups excluding carboxylic acids is 1. The van der Waals surface area contributed by atoms with Gasteiger partial charge in [-0.1, -0.05) is 29.5 Å². The predicted molar refractivity (Wildman–Crippen MR) is 150 cm³/mol. The summed E-state index contributed by atoms with van der Waals surface area (Å²) in [5, 5.41) is 18.0. The standard InChI is InChI=1S/C28H31N5O6S/c1-16-4-5-18(22(13-27(34)35)19-6-8-24-23(11-19)30-31-32(24)3)10-21(16)15-33-14-17(2)39-25-9-7-20(28(29)36)12-26(25)40(33,37)38/h4-12,17,22,37-38H,13-15H2,1-3H3,(H2,29,36)(H,34,35)/t17-,22?/m1/s1. The van der Waals surface area contributed by atoms with Crippen molar-refractivity contribution in [3.8, 4) is 5.75 Å². The fourth-order valence-electron chi connectivity index (χ4n) is 5.06. The number of nitrogens with zero attached hydrogens (tertiary/aromatic N) is 4. The minimum Gasteiger partial charge on any atom is -0.487 e. The summed E-state index contributed by atoms with van der Waals surface area (Å²) in [7, 11) is -1.77. The molecule has 210 valence electrons. The molecular weight excluding hydrogens is 534 g/mol. The Bertz CT molecular complexity index is 1620. The summed E-state index contributed by atoms with van der Waals surface area (Å²) in [6, 6.07) is 15.7. The molecule has 5 N–H and O–H groups in total. The van der Waals surface area contributed by atoms with Crippen LogP contribution in [0.4, 0.5) is 0 Å². The molecule has 40 heavy (non-hydrogen) atoms. The number of primary amides is 1. The summed E-state index contributed by atoms with van der Waals surface area (Å²) >= 11 is 0. The molecule has 5 rings (SSSR count). The third kappa shape index (κ3) is 5.26. The molecule has 1 amide bonds. The van der Waals surface area contributed by atoms with Gasteiger partial charge in [-0.25, -0.2) is 4.68 Å². The molecule has 1 aliphatic heterocycles. The van der Waals surface area contributed by atoms with Gasteiger partial charge >= 0.3 is 5.97 Å². The third-order valence-electron chi connectivity index (χ3n) is 7.21. The minimum atomic E-state index is -3.56. The number of amides is 1. The molecule has 1 aromatic heterocycles. The van der Waals surface area contributed by atoms with Gasteiger partial charge in [-0.3, -0.25) is 18.7 Å². The molecule has 0 saturated carbocycles. The van der Waals surface area contributed by atoms with E-state index in [1.165, 1.54) is 22.5 Å². The highest BCUT2D eigenvalue weighted by Crippen LogP contribution is 2.57. The van der Waals surface area contributed by atoms with Gasteiger partial charge in [0.25, 0.3) is 0 Å². The molecule has 3 aromatic carbocycles. The molecule has 4 aromatic rings. The van der Waals surface area contributed by atoms with Crippen LogP contribution in [0.1, 0.15) is 51.9 Å². The molecule has 2 atom stereocenters. The van der Waals surface area contributed by atoms with Crippen LogP contribution in [0.25, 0.3) is 11.0 Å². The lowest BCUT2D eigenvalue weighted by Gasteiger charge is -2.42. The highest BCUT2D eigenvalue weighted by Gasteiger charge is 2.35. The summed E-state index contributed by atoms with van der Waals surface area (Å²) < 4.78 is 32.1. The van der Waals surface area contributed by atoms with Gasteiger partial charge in [-0.15, -0.1) is 15.9 Å². The summed E-state index contributed by atoms with van der Waals surface area (Å²) in [5.41, 5.74) is 10.4. The Morgan fingerprint density at radius 2 is 1.85 bits per heavy atom. The van der Waals surface area contributed by atoms with Gasteiger partial charge < -0.3 is 15.6 Å². The van der Waals surface area contributed by atoms with Gasteiger partial charge in [-0.2, -0.15) is 4.31 Å². The summed E-state index contributed by atoms with van der Waals surface area (Å²) in [4.78, 5) is 23.8. The summed E-state index contributed by atoms with van der Waals surface area (Å²) in [6.07, 6.45) is -0.518. The van der Waals surface area contributed by atoms with E-state index in [2.05, 4.69) is 10.3 Å². The number of hydrogen-bond acceptors (Lipinski definition) is 8. The zero-order valence-corrected chi connectivity index (χ0v) is 23.1. The second-order valence-electron chi connectivity index (χ2n) is 10.1. The van der Waals surface area contributed by atoms with Crippen LogP contribution in [0.5, 0.6) is 5.75 Å². The zero-order chi connectivity index (χ0) is 28.8. The smallest absolute Gasteiger partial charge is 0.304 e. The van der Waals surface area contributed by atoms with Crippen LogP contribution in [-0.4, -0.2) is 58.0 Å². The van der Waals surface area contributed by atoms with E-state index in [9.17, 15) is 23.8 Å². The van der Waals surface area contributed by atoms with Crippen LogP contribution in [0, 0.1) is 6.92 Å². The SMILES string of the molecule is Cc1ccc(C(CC(=O)O)c2ccc3c(c2)nnn3C)cc1CN1C[C@@H](C)Oc2ccc(C(N)=O)cc2S1(O)O. The van der Waals surface area contributed by atoms with Crippen molar-refractivity contribution in [3.05, 3.63) is 82.4 Å². The van der Waals surface area contributed by atoms with Crippen LogP contribution >= 0.6 is 10.8 Å². The van der Waals surface area contributed by atoms with Crippen LogP contribution in [0.2, 0.25) is 0 Å². The molecule has 1 aliphatic rings. The molecule has 0 spiro atoms. The van der Waals surface area contributed by atoms with Crippen molar-refractivity contribution < 1.29 is 28.5 Å². The first kappa shape index (κ1) is 27.6. The average molecular weight is 566 g/mol. The van der Waals surface area contributed by atoms with Gasteiger partial charge in [0.15, 0.2) is 0 Å². The normalized spacial score (nSPS) is 18.4. The Morgan fingerprint density at radius 3 is 2.58 bits per heavy atom. The van der Waals surface area contributed by atoms with Gasteiger partial charge in [0, 0.05) is 25.1 Å². The quantitative estimate of drug-likeness (QED) is 0.256. The largest absolute Gasteiger partial charge is 0.487 e. The monoisotopic (exact) mass is 565 g/mol. The maximum atomic E-state index is 11.9. The number of hydrogen-bond donors (Lipinski definition) is 4. The van der Waals surface area contributed by atoms with Crippen molar-refractivity contribution in [2.24, 2.45) is 12.8 Å². The number of carboxylic acids is 1. The Balaban J connectivity index is 1.53. The van der Waals surface area contributed by atoms with E-state index in [1.54, 1.807) is 11.7 Å². The van der Waals surface area contributed by atoms with E-state index < -0.39 is 28.6 Å². The Hall–Kier alpha value is -3.97. The molecule has 0 radical (unpaired) electrons. The average Bonchev–Trinajstić information content (AvgIpc) is 3.23. The van der Waals surface area contributed by atoms with Gasteiger partial charge in [0.1, 0.15) is 22.3 Å². The first-order valence-electron chi connectivity index (χ1n) is 12.7. The highest BCUT2D eigenvalue weighted by molar-refractivity contribution is 8.22. The molecule has 1 unspecified atom stereocenters. The van der Waals surface area contributed by atoms with Crippen LogP contribution in [0.15, 0.2) is 59.5 Å². The number of rotatable bonds is 7. The van der Waals surface area contributed by atoms with E-state index in [0.717, 1.165) is 27.8 Å². The van der Waals surface area contributed by atoms with E-state index >= 15 is 0 Å². The summed E-state index contributed by atoms with van der Waals surface area (Å²) in [5.74, 6) is -1.81. The maximum Gasteiger partial charge on any atom is 0.304 e. The van der Waals surface area contributed by atoms with E-state index in [0.29, 0.717) is 5.52 Å². The molecular formula is C28H31N5O6S. The lowest BCUT2D eigenvalue weighted by Crippen LogP contribution is -2.33. The molecule has 0 saturated heterocycles. The van der Waals surface area contributed by atoms with Crippen LogP contribution < -0.4 is 10.5 Å². The number of aliphatic carboxylic acids is 1. The maximum absolute atomic E-state index is 11.9. The van der Waals surface area contributed by atoms with Gasteiger partial charge in [-0.05, 0) is 66.4 Å².